The first-order valence-electron chi connectivity index (χ1n) is 5.86. The smallest absolute Gasteiger partial charge is 0.134 e. The second-order valence-corrected chi connectivity index (χ2v) is 3.64. The van der Waals surface area contributed by atoms with Crippen molar-refractivity contribution in [3.05, 3.63) is 47.7 Å². The zero-order valence-corrected chi connectivity index (χ0v) is 10.4. The predicted octanol–water partition coefficient (Wildman–Crippen LogP) is 4.80. The van der Waals surface area contributed by atoms with Crippen LogP contribution < -0.4 is 4.74 Å². The van der Waals surface area contributed by atoms with Crippen LogP contribution in [0, 0.1) is 0 Å². The molecule has 86 valence electrons. The van der Waals surface area contributed by atoms with Gasteiger partial charge in [-0.3, -0.25) is 0 Å². The molecule has 0 saturated carbocycles. The van der Waals surface area contributed by atoms with Gasteiger partial charge in [-0.05, 0) is 32.4 Å². The first kappa shape index (κ1) is 12.6. The molecule has 0 bridgehead atoms. The minimum Gasteiger partial charge on any atom is -0.461 e. The summed E-state index contributed by atoms with van der Waals surface area (Å²) < 4.78 is 5.90. The van der Waals surface area contributed by atoms with Crippen molar-refractivity contribution in [1.82, 2.24) is 0 Å². The van der Waals surface area contributed by atoms with Crippen molar-refractivity contribution in [3.63, 3.8) is 0 Å². The molecule has 1 aromatic rings. The fourth-order valence-corrected chi connectivity index (χ4v) is 1.53. The zero-order valence-electron chi connectivity index (χ0n) is 10.4. The summed E-state index contributed by atoms with van der Waals surface area (Å²) in [5.74, 6) is 1.97. The molecule has 0 fully saturated rings. The minimum atomic E-state index is 0.933. The summed E-state index contributed by atoms with van der Waals surface area (Å²) in [7, 11) is 0. The van der Waals surface area contributed by atoms with Gasteiger partial charge in [0.15, 0.2) is 0 Å². The van der Waals surface area contributed by atoms with Crippen LogP contribution in [0.4, 0.5) is 0 Å². The molecule has 0 aromatic heterocycles. The first-order valence-corrected chi connectivity index (χ1v) is 5.86. The van der Waals surface area contributed by atoms with E-state index in [-0.39, 0.29) is 0 Å². The highest BCUT2D eigenvalue weighted by molar-refractivity contribution is 5.57. The number of allylic oxidation sites excluding steroid dienone is 3. The number of para-hydroxylation sites is 1. The van der Waals surface area contributed by atoms with Gasteiger partial charge in [-0.15, -0.1) is 0 Å². The van der Waals surface area contributed by atoms with E-state index in [1.54, 1.807) is 0 Å². The summed E-state index contributed by atoms with van der Waals surface area (Å²) in [6.07, 6.45) is 8.22. The van der Waals surface area contributed by atoms with E-state index >= 15 is 0 Å². The molecule has 0 aliphatic heterocycles. The molecule has 16 heavy (non-hydrogen) atoms. The summed E-state index contributed by atoms with van der Waals surface area (Å²) in [5, 5.41) is 0. The van der Waals surface area contributed by atoms with E-state index in [2.05, 4.69) is 19.1 Å². The van der Waals surface area contributed by atoms with E-state index in [1.165, 1.54) is 0 Å². The molecule has 0 heterocycles. The van der Waals surface area contributed by atoms with Crippen molar-refractivity contribution >= 4 is 6.08 Å². The van der Waals surface area contributed by atoms with Crippen molar-refractivity contribution in [1.29, 1.82) is 0 Å². The normalized spacial score (nSPS) is 12.1. The lowest BCUT2D eigenvalue weighted by Crippen LogP contribution is -1.96. The molecule has 0 atom stereocenters. The molecule has 0 saturated heterocycles. The Kier molecular flexibility index (Phi) is 5.41. The molecule has 0 spiro atoms. The first-order chi connectivity index (χ1) is 7.81. The molecule has 0 aliphatic carbocycles. The van der Waals surface area contributed by atoms with Gasteiger partial charge in [-0.25, -0.2) is 0 Å². The summed E-state index contributed by atoms with van der Waals surface area (Å²) in [6.45, 7) is 6.19. The Hall–Kier alpha value is -1.50. The van der Waals surface area contributed by atoms with E-state index in [0.29, 0.717) is 0 Å². The molecule has 0 N–H and O–H groups in total. The van der Waals surface area contributed by atoms with Crippen LogP contribution in [0.25, 0.3) is 6.08 Å². The van der Waals surface area contributed by atoms with Gasteiger partial charge in [0.05, 0.1) is 5.76 Å². The van der Waals surface area contributed by atoms with Crippen molar-refractivity contribution in [2.45, 2.75) is 33.6 Å². The largest absolute Gasteiger partial charge is 0.461 e. The van der Waals surface area contributed by atoms with Gasteiger partial charge in [0.1, 0.15) is 5.75 Å². The number of benzene rings is 1. The Morgan fingerprint density at radius 2 is 2.00 bits per heavy atom. The molecule has 1 heteroatoms. The molecular formula is C15H20O. The zero-order chi connectivity index (χ0) is 11.8. The average Bonchev–Trinajstić information content (AvgIpc) is 2.31. The monoisotopic (exact) mass is 216 g/mol. The van der Waals surface area contributed by atoms with E-state index in [9.17, 15) is 0 Å². The highest BCUT2D eigenvalue weighted by Gasteiger charge is 2.02. The third-order valence-corrected chi connectivity index (χ3v) is 2.32. The fraction of sp³-hybridized carbons (Fsp3) is 0.333. The number of rotatable bonds is 5. The minimum absolute atomic E-state index is 0.933. The Morgan fingerprint density at radius 1 is 1.25 bits per heavy atom. The third-order valence-electron chi connectivity index (χ3n) is 2.32. The van der Waals surface area contributed by atoms with Gasteiger partial charge in [-0.2, -0.15) is 0 Å². The summed E-state index contributed by atoms with van der Waals surface area (Å²) >= 11 is 0. The van der Waals surface area contributed by atoms with E-state index in [1.807, 2.05) is 44.2 Å². The van der Waals surface area contributed by atoms with Crippen LogP contribution in [0.15, 0.2) is 42.2 Å². The van der Waals surface area contributed by atoms with Gasteiger partial charge in [0, 0.05) is 12.0 Å². The molecule has 0 radical (unpaired) electrons. The number of ether oxygens (including phenoxy) is 1. The Bertz CT molecular complexity index is 375. The Labute approximate surface area is 98.5 Å². The van der Waals surface area contributed by atoms with Gasteiger partial charge >= 0.3 is 0 Å². The summed E-state index contributed by atoms with van der Waals surface area (Å²) in [6, 6.07) is 8.10. The van der Waals surface area contributed by atoms with Crippen molar-refractivity contribution < 1.29 is 4.74 Å². The molecular weight excluding hydrogens is 196 g/mol. The molecule has 0 unspecified atom stereocenters. The second-order valence-electron chi connectivity index (χ2n) is 3.64. The SMILES string of the molecule is C/C=C/c1ccccc1O/C(=C/C)CCC. The summed E-state index contributed by atoms with van der Waals surface area (Å²) in [5.41, 5.74) is 1.13. The maximum absolute atomic E-state index is 5.90. The Balaban J connectivity index is 2.87. The van der Waals surface area contributed by atoms with Crippen LogP contribution in [0.2, 0.25) is 0 Å². The van der Waals surface area contributed by atoms with Crippen molar-refractivity contribution in [3.8, 4) is 5.75 Å². The van der Waals surface area contributed by atoms with Gasteiger partial charge in [0.2, 0.25) is 0 Å². The van der Waals surface area contributed by atoms with Gasteiger partial charge < -0.3 is 4.74 Å². The average molecular weight is 216 g/mol. The topological polar surface area (TPSA) is 9.23 Å². The van der Waals surface area contributed by atoms with Gasteiger partial charge in [-0.1, -0.05) is 37.3 Å². The van der Waals surface area contributed by atoms with Crippen LogP contribution in [0.5, 0.6) is 5.75 Å². The van der Waals surface area contributed by atoms with E-state index in [4.69, 9.17) is 4.74 Å². The number of hydrogen-bond acceptors (Lipinski definition) is 1. The molecule has 1 rings (SSSR count). The maximum Gasteiger partial charge on any atom is 0.134 e. The number of hydrogen-bond donors (Lipinski definition) is 0. The quantitative estimate of drug-likeness (QED) is 0.642. The van der Waals surface area contributed by atoms with E-state index in [0.717, 1.165) is 29.9 Å². The highest BCUT2D eigenvalue weighted by atomic mass is 16.5. The predicted molar refractivity (Wildman–Crippen MR) is 70.4 cm³/mol. The fourth-order valence-electron chi connectivity index (χ4n) is 1.53. The lowest BCUT2D eigenvalue weighted by atomic mass is 10.2. The van der Waals surface area contributed by atoms with Crippen LogP contribution in [0.3, 0.4) is 0 Å². The molecule has 1 aromatic carbocycles. The molecule has 1 nitrogen and oxygen atoms in total. The lowest BCUT2D eigenvalue weighted by Gasteiger charge is -2.11. The molecule has 0 aliphatic rings. The third kappa shape index (κ3) is 3.58. The molecule has 0 amide bonds. The van der Waals surface area contributed by atoms with Crippen LogP contribution >= 0.6 is 0 Å². The second kappa shape index (κ2) is 6.89. The van der Waals surface area contributed by atoms with E-state index < -0.39 is 0 Å². The standard InChI is InChI=1S/C15H20O/c1-4-9-13-11-7-8-12-15(13)16-14(6-3)10-5-2/h4,6-9,11-12H,5,10H2,1-3H3/b9-4+,14-6+. The van der Waals surface area contributed by atoms with Crippen LogP contribution in [-0.2, 0) is 0 Å². The Morgan fingerprint density at radius 3 is 2.62 bits per heavy atom. The maximum atomic E-state index is 5.90. The summed E-state index contributed by atoms with van der Waals surface area (Å²) in [4.78, 5) is 0. The lowest BCUT2D eigenvalue weighted by molar-refractivity contribution is 0.400. The van der Waals surface area contributed by atoms with Crippen LogP contribution in [0.1, 0.15) is 39.2 Å². The van der Waals surface area contributed by atoms with Crippen molar-refractivity contribution in [2.75, 3.05) is 0 Å². The van der Waals surface area contributed by atoms with Crippen LogP contribution in [-0.4, -0.2) is 0 Å². The van der Waals surface area contributed by atoms with Gasteiger partial charge in [0.25, 0.3) is 0 Å². The van der Waals surface area contributed by atoms with Crippen molar-refractivity contribution in [2.24, 2.45) is 0 Å². The highest BCUT2D eigenvalue weighted by Crippen LogP contribution is 2.23.